The van der Waals surface area contributed by atoms with Gasteiger partial charge in [-0.1, -0.05) is 18.2 Å². The molecular formula is C16H22F2N2O2. The number of fused-ring (bicyclic) bond motifs is 3. The summed E-state index contributed by atoms with van der Waals surface area (Å²) in [6.07, 6.45) is 0. The number of halogens is 2. The van der Waals surface area contributed by atoms with Crippen LogP contribution in [0.25, 0.3) is 0 Å². The van der Waals surface area contributed by atoms with Crippen molar-refractivity contribution in [3.8, 4) is 5.75 Å². The maximum Gasteiger partial charge on any atom is 0.387 e. The zero-order chi connectivity index (χ0) is 15.5. The van der Waals surface area contributed by atoms with E-state index in [1.807, 2.05) is 12.1 Å². The van der Waals surface area contributed by atoms with Crippen LogP contribution in [0.5, 0.6) is 5.75 Å². The van der Waals surface area contributed by atoms with Gasteiger partial charge in [-0.15, -0.1) is 0 Å². The van der Waals surface area contributed by atoms with Crippen LogP contribution in [0.4, 0.5) is 8.78 Å². The second-order valence-corrected chi connectivity index (χ2v) is 6.19. The van der Waals surface area contributed by atoms with Crippen molar-refractivity contribution in [3.05, 3.63) is 29.8 Å². The van der Waals surface area contributed by atoms with Crippen molar-refractivity contribution in [3.63, 3.8) is 0 Å². The molecule has 0 N–H and O–H groups in total. The largest absolute Gasteiger partial charge is 0.434 e. The van der Waals surface area contributed by atoms with Crippen molar-refractivity contribution in [2.75, 3.05) is 39.9 Å². The lowest BCUT2D eigenvalue weighted by molar-refractivity contribution is -0.0509. The molecule has 122 valence electrons. The van der Waals surface area contributed by atoms with Crippen molar-refractivity contribution in [1.82, 2.24) is 9.80 Å². The van der Waals surface area contributed by atoms with Crippen molar-refractivity contribution in [2.45, 2.75) is 19.2 Å². The summed E-state index contributed by atoms with van der Waals surface area (Å²) in [5, 5.41) is 0. The van der Waals surface area contributed by atoms with Gasteiger partial charge in [0.1, 0.15) is 5.75 Å². The average Bonchev–Trinajstić information content (AvgIpc) is 2.70. The van der Waals surface area contributed by atoms with E-state index in [-0.39, 0.29) is 11.8 Å². The number of para-hydroxylation sites is 1. The van der Waals surface area contributed by atoms with Crippen LogP contribution in [0.1, 0.15) is 5.56 Å². The van der Waals surface area contributed by atoms with E-state index < -0.39 is 6.61 Å². The molecule has 4 nitrogen and oxygen atoms in total. The topological polar surface area (TPSA) is 24.9 Å². The van der Waals surface area contributed by atoms with Gasteiger partial charge >= 0.3 is 6.61 Å². The van der Waals surface area contributed by atoms with Gasteiger partial charge in [-0.2, -0.15) is 8.78 Å². The Morgan fingerprint density at radius 2 is 2.05 bits per heavy atom. The fourth-order valence-corrected chi connectivity index (χ4v) is 3.42. The van der Waals surface area contributed by atoms with E-state index in [9.17, 15) is 8.78 Å². The first-order chi connectivity index (χ1) is 10.6. The third-order valence-corrected chi connectivity index (χ3v) is 4.33. The fourth-order valence-electron chi connectivity index (χ4n) is 3.42. The summed E-state index contributed by atoms with van der Waals surface area (Å²) < 4.78 is 35.5. The molecule has 22 heavy (non-hydrogen) atoms. The van der Waals surface area contributed by atoms with Gasteiger partial charge in [0, 0.05) is 43.7 Å². The Morgan fingerprint density at radius 3 is 2.86 bits per heavy atom. The molecule has 0 aliphatic carbocycles. The van der Waals surface area contributed by atoms with Crippen LogP contribution < -0.4 is 4.74 Å². The minimum Gasteiger partial charge on any atom is -0.434 e. The molecule has 1 aromatic rings. The fraction of sp³-hybridized carbons (Fsp3) is 0.625. The molecule has 2 atom stereocenters. The predicted octanol–water partition coefficient (Wildman–Crippen LogP) is 2.05. The summed E-state index contributed by atoms with van der Waals surface area (Å²) in [6, 6.07) is 7.33. The molecule has 0 radical (unpaired) electrons. The summed E-state index contributed by atoms with van der Waals surface area (Å²) >= 11 is 0. The first kappa shape index (κ1) is 15.6. The minimum atomic E-state index is -2.79. The van der Waals surface area contributed by atoms with Crippen LogP contribution in [-0.2, 0) is 11.3 Å². The molecule has 2 bridgehead atoms. The van der Waals surface area contributed by atoms with Gasteiger partial charge in [0.15, 0.2) is 0 Å². The summed E-state index contributed by atoms with van der Waals surface area (Å²) in [5.41, 5.74) is 0.804. The minimum absolute atomic E-state index is 0.269. The van der Waals surface area contributed by atoms with E-state index in [1.165, 1.54) is 0 Å². The summed E-state index contributed by atoms with van der Waals surface area (Å²) in [6.45, 7) is 2.17. The highest BCUT2D eigenvalue weighted by Crippen LogP contribution is 2.26. The lowest BCUT2D eigenvalue weighted by atomic mass is 10.1. The Morgan fingerprint density at radius 1 is 1.23 bits per heavy atom. The first-order valence-electron chi connectivity index (χ1n) is 7.65. The predicted molar refractivity (Wildman–Crippen MR) is 79.1 cm³/mol. The van der Waals surface area contributed by atoms with Gasteiger partial charge in [0.05, 0.1) is 13.2 Å². The molecule has 2 aliphatic rings. The van der Waals surface area contributed by atoms with Crippen LogP contribution in [0.15, 0.2) is 24.3 Å². The highest BCUT2D eigenvalue weighted by atomic mass is 19.3. The number of benzene rings is 1. The normalized spacial score (nSPS) is 26.9. The number of hydrogen-bond acceptors (Lipinski definition) is 4. The Hall–Kier alpha value is -1.24. The molecule has 0 aromatic heterocycles. The van der Waals surface area contributed by atoms with Crippen molar-refractivity contribution < 1.29 is 18.3 Å². The van der Waals surface area contributed by atoms with Gasteiger partial charge in [-0.3, -0.25) is 4.90 Å². The number of hydrogen-bond donors (Lipinski definition) is 0. The molecule has 0 amide bonds. The Balaban J connectivity index is 1.77. The SMILES string of the molecule is CN1C[C@@H]2COC[C@H](C1)N(Cc1ccccc1OC(F)F)C2. The van der Waals surface area contributed by atoms with Crippen molar-refractivity contribution in [2.24, 2.45) is 5.92 Å². The zero-order valence-corrected chi connectivity index (χ0v) is 12.8. The Labute approximate surface area is 129 Å². The quantitative estimate of drug-likeness (QED) is 0.849. The summed E-state index contributed by atoms with van der Waals surface area (Å²) in [7, 11) is 2.13. The van der Waals surface area contributed by atoms with Crippen LogP contribution >= 0.6 is 0 Å². The summed E-state index contributed by atoms with van der Waals surface area (Å²) in [4.78, 5) is 4.67. The van der Waals surface area contributed by atoms with Crippen LogP contribution in [-0.4, -0.2) is 62.3 Å². The molecule has 0 saturated carbocycles. The zero-order valence-electron chi connectivity index (χ0n) is 12.8. The van der Waals surface area contributed by atoms with E-state index in [4.69, 9.17) is 4.74 Å². The molecule has 1 aromatic carbocycles. The summed E-state index contributed by atoms with van der Waals surface area (Å²) in [5.74, 6) is 0.728. The standard InChI is InChI=1S/C16H22F2N2O2/c1-19-6-12-7-20(14(9-19)11-21-10-12)8-13-4-2-3-5-15(13)22-16(17)18/h2-5,12,14,16H,6-11H2,1H3/t12-,14-/m0/s1. The monoisotopic (exact) mass is 312 g/mol. The maximum atomic E-state index is 12.5. The van der Waals surface area contributed by atoms with Crippen LogP contribution in [0.2, 0.25) is 0 Å². The highest BCUT2D eigenvalue weighted by molar-refractivity contribution is 5.33. The van der Waals surface area contributed by atoms with Gasteiger partial charge in [0.25, 0.3) is 0 Å². The molecule has 2 fully saturated rings. The number of alkyl halides is 2. The lowest BCUT2D eigenvalue weighted by Crippen LogP contribution is -2.42. The van der Waals surface area contributed by atoms with Crippen LogP contribution in [0, 0.1) is 5.92 Å². The average molecular weight is 312 g/mol. The third-order valence-electron chi connectivity index (χ3n) is 4.33. The van der Waals surface area contributed by atoms with Gasteiger partial charge in [-0.25, -0.2) is 0 Å². The van der Waals surface area contributed by atoms with Crippen LogP contribution in [0.3, 0.4) is 0 Å². The van der Waals surface area contributed by atoms with E-state index in [1.54, 1.807) is 12.1 Å². The molecule has 3 rings (SSSR count). The second kappa shape index (κ2) is 6.89. The Kier molecular flexibility index (Phi) is 4.90. The molecule has 2 heterocycles. The van der Waals surface area contributed by atoms with E-state index in [0.717, 1.165) is 31.8 Å². The third kappa shape index (κ3) is 3.74. The number of rotatable bonds is 4. The molecule has 6 heteroatoms. The lowest BCUT2D eigenvalue weighted by Gasteiger charge is -2.30. The maximum absolute atomic E-state index is 12.5. The molecule has 2 saturated heterocycles. The van der Waals surface area contributed by atoms with E-state index in [0.29, 0.717) is 19.1 Å². The number of ether oxygens (including phenoxy) is 2. The number of nitrogens with zero attached hydrogens (tertiary/aromatic N) is 2. The van der Waals surface area contributed by atoms with Crippen molar-refractivity contribution >= 4 is 0 Å². The molecular weight excluding hydrogens is 290 g/mol. The van der Waals surface area contributed by atoms with E-state index in [2.05, 4.69) is 21.6 Å². The van der Waals surface area contributed by atoms with Gasteiger partial charge in [0.2, 0.25) is 0 Å². The first-order valence-corrected chi connectivity index (χ1v) is 7.65. The molecule has 0 unspecified atom stereocenters. The number of likely N-dealkylation sites (N-methyl/N-ethyl adjacent to an activating group) is 1. The van der Waals surface area contributed by atoms with E-state index >= 15 is 0 Å². The van der Waals surface area contributed by atoms with Gasteiger partial charge < -0.3 is 14.4 Å². The highest BCUT2D eigenvalue weighted by Gasteiger charge is 2.32. The molecule has 2 aliphatic heterocycles. The Bertz CT molecular complexity index is 501. The second-order valence-electron chi connectivity index (χ2n) is 6.19. The van der Waals surface area contributed by atoms with Gasteiger partial charge in [-0.05, 0) is 13.1 Å². The van der Waals surface area contributed by atoms with Crippen molar-refractivity contribution in [1.29, 1.82) is 0 Å². The smallest absolute Gasteiger partial charge is 0.387 e. The molecule has 0 spiro atoms.